The number of carbonyl (C=O) groups excluding carboxylic acids is 1. The molecule has 0 unspecified atom stereocenters. The van der Waals surface area contributed by atoms with Crippen LogP contribution in [0.25, 0.3) is 0 Å². The van der Waals surface area contributed by atoms with E-state index in [0.29, 0.717) is 21.5 Å². The van der Waals surface area contributed by atoms with Crippen molar-refractivity contribution in [2.45, 2.75) is 20.8 Å². The second-order valence-corrected chi connectivity index (χ2v) is 6.70. The largest absolute Gasteiger partial charge is 0.504 e. The maximum absolute atomic E-state index is 11.9. The molecule has 0 spiro atoms. The average Bonchev–Trinajstić information content (AvgIpc) is 2.60. The number of rotatable bonds is 6. The van der Waals surface area contributed by atoms with Gasteiger partial charge in [-0.25, -0.2) is 5.43 Å². The van der Waals surface area contributed by atoms with E-state index in [4.69, 9.17) is 9.47 Å². The van der Waals surface area contributed by atoms with Gasteiger partial charge < -0.3 is 14.6 Å². The molecule has 2 aromatic rings. The fourth-order valence-corrected chi connectivity index (χ4v) is 2.79. The summed E-state index contributed by atoms with van der Waals surface area (Å²) in [5.41, 5.74) is 5.86. The van der Waals surface area contributed by atoms with E-state index in [9.17, 15) is 9.90 Å². The Morgan fingerprint density at radius 3 is 2.65 bits per heavy atom. The quantitative estimate of drug-likeness (QED) is 0.552. The van der Waals surface area contributed by atoms with Crippen molar-refractivity contribution in [2.24, 2.45) is 5.10 Å². The molecule has 138 valence electrons. The zero-order valence-electron chi connectivity index (χ0n) is 15.1. The molecule has 26 heavy (non-hydrogen) atoms. The van der Waals surface area contributed by atoms with Crippen LogP contribution < -0.4 is 14.9 Å². The molecular weight excluding hydrogens is 400 g/mol. The number of methoxy groups -OCH3 is 1. The number of benzene rings is 2. The molecule has 0 radical (unpaired) electrons. The summed E-state index contributed by atoms with van der Waals surface area (Å²) < 4.78 is 11.4. The third-order valence-electron chi connectivity index (χ3n) is 3.90. The van der Waals surface area contributed by atoms with E-state index in [1.807, 2.05) is 32.9 Å². The Kier molecular flexibility index (Phi) is 6.63. The Morgan fingerprint density at radius 2 is 1.96 bits per heavy atom. The molecule has 0 aliphatic carbocycles. The van der Waals surface area contributed by atoms with Crippen LogP contribution in [-0.2, 0) is 4.79 Å². The predicted octanol–water partition coefficient (Wildman–Crippen LogP) is 3.62. The molecule has 2 aromatic carbocycles. The Labute approximate surface area is 161 Å². The molecule has 1 amide bonds. The van der Waals surface area contributed by atoms with E-state index in [0.717, 1.165) is 16.7 Å². The van der Waals surface area contributed by atoms with E-state index < -0.39 is 5.91 Å². The van der Waals surface area contributed by atoms with Crippen LogP contribution in [0, 0.1) is 20.8 Å². The summed E-state index contributed by atoms with van der Waals surface area (Å²) >= 11 is 3.32. The molecule has 0 fully saturated rings. The van der Waals surface area contributed by atoms with E-state index >= 15 is 0 Å². The van der Waals surface area contributed by atoms with Gasteiger partial charge in [0.2, 0.25) is 0 Å². The SMILES string of the molecule is COc1cc(Br)cc(C=NNC(=O)COc2c(C)ccc(C)c2C)c1O. The first kappa shape index (κ1) is 19.8. The molecule has 2 rings (SSSR count). The highest BCUT2D eigenvalue weighted by Gasteiger charge is 2.10. The zero-order chi connectivity index (χ0) is 19.3. The number of nitrogens with one attached hydrogen (secondary N) is 1. The van der Waals surface area contributed by atoms with Crippen LogP contribution in [0.5, 0.6) is 17.2 Å². The van der Waals surface area contributed by atoms with Gasteiger partial charge in [-0.2, -0.15) is 5.10 Å². The van der Waals surface area contributed by atoms with Crippen molar-refractivity contribution in [3.05, 3.63) is 51.0 Å². The first-order valence-corrected chi connectivity index (χ1v) is 8.70. The molecule has 0 aromatic heterocycles. The van der Waals surface area contributed by atoms with Crippen molar-refractivity contribution in [3.63, 3.8) is 0 Å². The number of phenols is 1. The molecule has 0 atom stereocenters. The lowest BCUT2D eigenvalue weighted by molar-refractivity contribution is -0.123. The van der Waals surface area contributed by atoms with Crippen molar-refractivity contribution >= 4 is 28.1 Å². The lowest BCUT2D eigenvalue weighted by Crippen LogP contribution is -2.25. The Balaban J connectivity index is 1.99. The van der Waals surface area contributed by atoms with Crippen molar-refractivity contribution < 1.29 is 19.4 Å². The topological polar surface area (TPSA) is 80.2 Å². The lowest BCUT2D eigenvalue weighted by Gasteiger charge is -2.13. The van der Waals surface area contributed by atoms with Crippen LogP contribution in [0.15, 0.2) is 33.8 Å². The number of nitrogens with zero attached hydrogens (tertiary/aromatic N) is 1. The van der Waals surface area contributed by atoms with Crippen LogP contribution in [0.2, 0.25) is 0 Å². The molecule has 0 aliphatic heterocycles. The number of aryl methyl sites for hydroxylation is 2. The molecule has 6 nitrogen and oxygen atoms in total. The summed E-state index contributed by atoms with van der Waals surface area (Å²) in [4.78, 5) is 11.9. The number of phenolic OH excluding ortho intramolecular Hbond substituents is 1. The number of aromatic hydroxyl groups is 1. The van der Waals surface area contributed by atoms with Crippen molar-refractivity contribution in [1.29, 1.82) is 0 Å². The Hall–Kier alpha value is -2.54. The van der Waals surface area contributed by atoms with Gasteiger partial charge in [0.05, 0.1) is 13.3 Å². The van der Waals surface area contributed by atoms with Crippen LogP contribution in [-0.4, -0.2) is 30.9 Å². The van der Waals surface area contributed by atoms with Gasteiger partial charge in [0.1, 0.15) is 5.75 Å². The van der Waals surface area contributed by atoms with E-state index in [1.165, 1.54) is 13.3 Å². The second-order valence-electron chi connectivity index (χ2n) is 5.78. The number of hydrogen-bond donors (Lipinski definition) is 2. The van der Waals surface area contributed by atoms with Gasteiger partial charge in [-0.05, 0) is 49.6 Å². The third-order valence-corrected chi connectivity index (χ3v) is 4.36. The monoisotopic (exact) mass is 420 g/mol. The molecule has 0 saturated heterocycles. The summed E-state index contributed by atoms with van der Waals surface area (Å²) in [5, 5.41) is 13.9. The van der Waals surface area contributed by atoms with Gasteiger partial charge in [0, 0.05) is 10.0 Å². The van der Waals surface area contributed by atoms with Gasteiger partial charge in [0.25, 0.3) is 5.91 Å². The average molecular weight is 421 g/mol. The van der Waals surface area contributed by atoms with E-state index in [2.05, 4.69) is 26.5 Å². The molecule has 0 heterocycles. The maximum Gasteiger partial charge on any atom is 0.277 e. The van der Waals surface area contributed by atoms with Gasteiger partial charge in [-0.3, -0.25) is 4.79 Å². The number of carbonyl (C=O) groups is 1. The number of hydrazone groups is 1. The minimum Gasteiger partial charge on any atom is -0.504 e. The van der Waals surface area contributed by atoms with Gasteiger partial charge in [-0.1, -0.05) is 28.1 Å². The van der Waals surface area contributed by atoms with Crippen LogP contribution in [0.3, 0.4) is 0 Å². The summed E-state index contributed by atoms with van der Waals surface area (Å²) in [5.74, 6) is 0.554. The number of amides is 1. The number of hydrogen-bond acceptors (Lipinski definition) is 5. The standard InChI is InChI=1S/C19H21BrN2O4/c1-11-5-6-12(2)19(13(11)3)26-10-17(23)22-21-9-14-7-15(20)8-16(25-4)18(14)24/h5-9,24H,10H2,1-4H3,(H,22,23). The fraction of sp³-hybridized carbons (Fsp3) is 0.263. The van der Waals surface area contributed by atoms with Crippen LogP contribution >= 0.6 is 15.9 Å². The van der Waals surface area contributed by atoms with Crippen LogP contribution in [0.1, 0.15) is 22.3 Å². The predicted molar refractivity (Wildman–Crippen MR) is 104 cm³/mol. The third kappa shape index (κ3) is 4.76. The van der Waals surface area contributed by atoms with Crippen molar-refractivity contribution in [1.82, 2.24) is 5.43 Å². The normalized spacial score (nSPS) is 10.8. The highest BCUT2D eigenvalue weighted by atomic mass is 79.9. The van der Waals surface area contributed by atoms with Crippen molar-refractivity contribution in [3.8, 4) is 17.2 Å². The van der Waals surface area contributed by atoms with Crippen molar-refractivity contribution in [2.75, 3.05) is 13.7 Å². The summed E-state index contributed by atoms with van der Waals surface area (Å²) in [7, 11) is 1.46. The van der Waals surface area contributed by atoms with Gasteiger partial charge in [-0.15, -0.1) is 0 Å². The van der Waals surface area contributed by atoms with Gasteiger partial charge >= 0.3 is 0 Å². The Morgan fingerprint density at radius 1 is 1.27 bits per heavy atom. The van der Waals surface area contributed by atoms with E-state index in [-0.39, 0.29) is 12.4 Å². The first-order chi connectivity index (χ1) is 12.3. The molecule has 0 bridgehead atoms. The molecule has 0 saturated carbocycles. The second kappa shape index (κ2) is 8.71. The highest BCUT2D eigenvalue weighted by molar-refractivity contribution is 9.10. The Bertz CT molecular complexity index is 850. The zero-order valence-corrected chi connectivity index (χ0v) is 16.7. The van der Waals surface area contributed by atoms with E-state index in [1.54, 1.807) is 12.1 Å². The summed E-state index contributed by atoms with van der Waals surface area (Å²) in [6, 6.07) is 7.26. The summed E-state index contributed by atoms with van der Waals surface area (Å²) in [6.45, 7) is 5.72. The smallest absolute Gasteiger partial charge is 0.277 e. The number of ether oxygens (including phenoxy) is 2. The minimum atomic E-state index is -0.400. The van der Waals surface area contributed by atoms with Crippen LogP contribution in [0.4, 0.5) is 0 Å². The highest BCUT2D eigenvalue weighted by Crippen LogP contribution is 2.32. The molecule has 7 heteroatoms. The molecule has 0 aliphatic rings. The molecule has 2 N–H and O–H groups in total. The molecular formula is C19H21BrN2O4. The first-order valence-electron chi connectivity index (χ1n) is 7.91. The number of halogens is 1. The fourth-order valence-electron chi connectivity index (χ4n) is 2.34. The lowest BCUT2D eigenvalue weighted by atomic mass is 10.1. The minimum absolute atomic E-state index is 0.0593. The maximum atomic E-state index is 11.9. The van der Waals surface area contributed by atoms with Gasteiger partial charge in [0.15, 0.2) is 18.1 Å². The summed E-state index contributed by atoms with van der Waals surface area (Å²) in [6.07, 6.45) is 1.34.